The summed E-state index contributed by atoms with van der Waals surface area (Å²) in [7, 11) is 0. The Morgan fingerprint density at radius 1 is 1.05 bits per heavy atom. The van der Waals surface area contributed by atoms with E-state index in [9.17, 15) is 29.3 Å². The van der Waals surface area contributed by atoms with Crippen LogP contribution >= 0.6 is 15.9 Å². The molecule has 1 N–H and O–H groups in total. The first-order chi connectivity index (χ1) is 18.1. The van der Waals surface area contributed by atoms with Crippen molar-refractivity contribution >= 4 is 63.3 Å². The quantitative estimate of drug-likeness (QED) is 0.110. The number of nitrogens with one attached hydrogen (secondary N) is 1. The van der Waals surface area contributed by atoms with E-state index >= 15 is 0 Å². The predicted molar refractivity (Wildman–Crippen MR) is 142 cm³/mol. The van der Waals surface area contributed by atoms with Gasteiger partial charge in [0.05, 0.1) is 10.6 Å². The number of non-ortho nitro benzene ring substituents is 1. The molecule has 1 fully saturated rings. The van der Waals surface area contributed by atoms with Gasteiger partial charge in [-0.15, -0.1) is 0 Å². The number of nitrogens with zero attached hydrogens (tertiary/aromatic N) is 2. The van der Waals surface area contributed by atoms with E-state index < -0.39 is 28.7 Å². The molecule has 0 spiro atoms. The molecule has 0 aromatic heterocycles. The molecule has 0 saturated carbocycles. The molecule has 38 heavy (non-hydrogen) atoms. The smallest absolute Gasteiger partial charge is 0.336 e. The van der Waals surface area contributed by atoms with Gasteiger partial charge in [-0.25, -0.2) is 14.5 Å². The fourth-order valence-corrected chi connectivity index (χ4v) is 3.89. The highest BCUT2D eigenvalue weighted by atomic mass is 79.9. The van der Waals surface area contributed by atoms with Crippen molar-refractivity contribution in [3.8, 4) is 5.75 Å². The van der Waals surface area contributed by atoms with E-state index in [0.717, 1.165) is 16.5 Å². The summed E-state index contributed by atoms with van der Waals surface area (Å²) in [4.78, 5) is 61.9. The number of anilines is 1. The van der Waals surface area contributed by atoms with E-state index in [2.05, 4.69) is 21.2 Å². The maximum Gasteiger partial charge on any atom is 0.336 e. The SMILES string of the molecule is Cc1ccc(N2C(=O)NC(=O)/C(=C/c3cc(Br)ccc3OC(=O)/C=C/c3cccc([N+](=O)[O-])c3)C2=O)cc1. The number of nitro groups is 1. The third-order valence-electron chi connectivity index (χ3n) is 5.37. The van der Waals surface area contributed by atoms with Gasteiger partial charge in [-0.3, -0.25) is 25.0 Å². The second-order valence-corrected chi connectivity index (χ2v) is 9.00. The number of barbiturate groups is 1. The number of nitro benzene ring substituents is 1. The number of hydrogen-bond acceptors (Lipinski definition) is 7. The fourth-order valence-electron chi connectivity index (χ4n) is 3.52. The number of aryl methyl sites for hydroxylation is 1. The topological polar surface area (TPSA) is 136 Å². The Kier molecular flexibility index (Phi) is 7.58. The van der Waals surface area contributed by atoms with Crippen LogP contribution in [-0.2, 0) is 14.4 Å². The number of carbonyl (C=O) groups excluding carboxylic acids is 4. The van der Waals surface area contributed by atoms with Crippen molar-refractivity contribution in [2.45, 2.75) is 6.92 Å². The summed E-state index contributed by atoms with van der Waals surface area (Å²) < 4.78 is 5.98. The minimum Gasteiger partial charge on any atom is -0.423 e. The Labute approximate surface area is 224 Å². The minimum absolute atomic E-state index is 0.0359. The Bertz CT molecular complexity index is 1540. The van der Waals surface area contributed by atoms with Gasteiger partial charge in [0, 0.05) is 28.2 Å². The zero-order valence-corrected chi connectivity index (χ0v) is 21.3. The summed E-state index contributed by atoms with van der Waals surface area (Å²) in [5.74, 6) is -2.50. The van der Waals surface area contributed by atoms with E-state index in [-0.39, 0.29) is 28.3 Å². The number of carbonyl (C=O) groups is 4. The van der Waals surface area contributed by atoms with Crippen LogP contribution in [0.2, 0.25) is 0 Å². The Morgan fingerprint density at radius 2 is 1.79 bits per heavy atom. The molecule has 0 bridgehead atoms. The molecule has 4 amide bonds. The third kappa shape index (κ3) is 5.90. The molecular weight excluding hydrogens is 558 g/mol. The highest BCUT2D eigenvalue weighted by Gasteiger charge is 2.37. The van der Waals surface area contributed by atoms with Crippen LogP contribution in [0.4, 0.5) is 16.2 Å². The molecule has 3 aromatic rings. The molecule has 11 heteroatoms. The number of amides is 4. The summed E-state index contributed by atoms with van der Waals surface area (Å²) in [5.41, 5.74) is 1.37. The van der Waals surface area contributed by atoms with E-state index in [0.29, 0.717) is 10.0 Å². The minimum atomic E-state index is -0.897. The molecular formula is C27H18BrN3O7. The molecule has 10 nitrogen and oxygen atoms in total. The number of ether oxygens (including phenoxy) is 1. The first-order valence-electron chi connectivity index (χ1n) is 11.0. The second-order valence-electron chi connectivity index (χ2n) is 8.08. The first-order valence-corrected chi connectivity index (χ1v) is 11.8. The number of benzene rings is 3. The number of halogens is 1. The number of urea groups is 1. The summed E-state index contributed by atoms with van der Waals surface area (Å²) >= 11 is 3.31. The van der Waals surface area contributed by atoms with Crippen molar-refractivity contribution in [3.05, 3.63) is 110 Å². The lowest BCUT2D eigenvalue weighted by molar-refractivity contribution is -0.384. The van der Waals surface area contributed by atoms with E-state index in [1.807, 2.05) is 6.92 Å². The van der Waals surface area contributed by atoms with Gasteiger partial charge in [-0.1, -0.05) is 45.8 Å². The summed E-state index contributed by atoms with van der Waals surface area (Å²) in [6.07, 6.45) is 3.67. The molecule has 1 heterocycles. The van der Waals surface area contributed by atoms with Crippen LogP contribution in [0.1, 0.15) is 16.7 Å². The average Bonchev–Trinajstić information content (AvgIpc) is 2.88. The highest BCUT2D eigenvalue weighted by molar-refractivity contribution is 9.10. The van der Waals surface area contributed by atoms with Crippen LogP contribution in [0.5, 0.6) is 5.75 Å². The van der Waals surface area contributed by atoms with Gasteiger partial charge >= 0.3 is 12.0 Å². The summed E-state index contributed by atoms with van der Waals surface area (Å²) in [6, 6.07) is 16.0. The molecule has 0 unspecified atom stereocenters. The van der Waals surface area contributed by atoms with Gasteiger partial charge in [-0.05, 0) is 55.0 Å². The zero-order chi connectivity index (χ0) is 27.4. The van der Waals surface area contributed by atoms with Crippen molar-refractivity contribution < 1.29 is 28.8 Å². The van der Waals surface area contributed by atoms with Gasteiger partial charge < -0.3 is 4.74 Å². The normalized spacial score (nSPS) is 14.6. The van der Waals surface area contributed by atoms with Crippen LogP contribution < -0.4 is 15.0 Å². The molecule has 4 rings (SSSR count). The summed E-state index contributed by atoms with van der Waals surface area (Å²) in [5, 5.41) is 13.1. The number of rotatable bonds is 6. The molecule has 1 saturated heterocycles. The van der Waals surface area contributed by atoms with Gasteiger partial charge in [0.2, 0.25) is 0 Å². The predicted octanol–water partition coefficient (Wildman–Crippen LogP) is 4.95. The lowest BCUT2D eigenvalue weighted by Gasteiger charge is -2.26. The van der Waals surface area contributed by atoms with E-state index in [1.54, 1.807) is 36.4 Å². The van der Waals surface area contributed by atoms with Gasteiger partial charge in [0.15, 0.2) is 0 Å². The van der Waals surface area contributed by atoms with Crippen LogP contribution in [0, 0.1) is 17.0 Å². The van der Waals surface area contributed by atoms with Crippen LogP contribution in [0.25, 0.3) is 12.2 Å². The molecule has 1 aliphatic rings. The van der Waals surface area contributed by atoms with Crippen molar-refractivity contribution in [3.63, 3.8) is 0 Å². The van der Waals surface area contributed by atoms with Gasteiger partial charge in [0.1, 0.15) is 11.3 Å². The van der Waals surface area contributed by atoms with Crippen LogP contribution in [0.3, 0.4) is 0 Å². The Hall–Kier alpha value is -4.90. The Morgan fingerprint density at radius 3 is 2.50 bits per heavy atom. The van der Waals surface area contributed by atoms with Crippen molar-refractivity contribution in [2.24, 2.45) is 0 Å². The van der Waals surface area contributed by atoms with E-state index in [1.165, 1.54) is 42.5 Å². The van der Waals surface area contributed by atoms with Crippen LogP contribution in [0.15, 0.2) is 82.9 Å². The van der Waals surface area contributed by atoms with Crippen LogP contribution in [-0.4, -0.2) is 28.7 Å². The molecule has 190 valence electrons. The zero-order valence-electron chi connectivity index (χ0n) is 19.7. The molecule has 0 radical (unpaired) electrons. The maximum atomic E-state index is 13.2. The largest absolute Gasteiger partial charge is 0.423 e. The maximum absolute atomic E-state index is 13.2. The lowest BCUT2D eigenvalue weighted by atomic mass is 10.1. The monoisotopic (exact) mass is 575 g/mol. The Balaban J connectivity index is 1.62. The second kappa shape index (κ2) is 11.0. The van der Waals surface area contributed by atoms with Crippen molar-refractivity contribution in [1.29, 1.82) is 0 Å². The van der Waals surface area contributed by atoms with E-state index in [4.69, 9.17) is 4.74 Å². The highest BCUT2D eigenvalue weighted by Crippen LogP contribution is 2.28. The standard InChI is InChI=1S/C27H18BrN3O7/c1-16-5-9-20(10-6-16)30-26(34)22(25(33)29-27(30)35)15-18-14-19(28)8-11-23(18)38-24(32)12-7-17-3-2-4-21(13-17)31(36)37/h2-15H,1H3,(H,29,33,35)/b12-7+,22-15-. The molecule has 3 aromatic carbocycles. The third-order valence-corrected chi connectivity index (χ3v) is 5.86. The molecule has 0 aliphatic carbocycles. The number of imide groups is 2. The lowest BCUT2D eigenvalue weighted by Crippen LogP contribution is -2.54. The summed E-state index contributed by atoms with van der Waals surface area (Å²) in [6.45, 7) is 1.85. The first kappa shape index (κ1) is 26.2. The average molecular weight is 576 g/mol. The van der Waals surface area contributed by atoms with Gasteiger partial charge in [0.25, 0.3) is 17.5 Å². The molecule has 1 aliphatic heterocycles. The van der Waals surface area contributed by atoms with Gasteiger partial charge in [-0.2, -0.15) is 0 Å². The fraction of sp³-hybridized carbons (Fsp3) is 0.0370. The van der Waals surface area contributed by atoms with Crippen molar-refractivity contribution in [1.82, 2.24) is 5.32 Å². The molecule has 0 atom stereocenters. The number of hydrogen-bond donors (Lipinski definition) is 1. The number of esters is 1. The van der Waals surface area contributed by atoms with Crippen molar-refractivity contribution in [2.75, 3.05) is 4.90 Å².